The summed E-state index contributed by atoms with van der Waals surface area (Å²) in [5, 5.41) is 12.9. The summed E-state index contributed by atoms with van der Waals surface area (Å²) < 4.78 is 4.85. The Morgan fingerprint density at radius 1 is 1.48 bits per heavy atom. The lowest BCUT2D eigenvalue weighted by Gasteiger charge is -2.13. The Balaban J connectivity index is 1.95. The van der Waals surface area contributed by atoms with E-state index in [1.807, 2.05) is 0 Å². The van der Waals surface area contributed by atoms with E-state index in [0.717, 1.165) is 23.4 Å². The molecule has 1 aliphatic heterocycles. The number of fused-ring (bicyclic) bond motifs is 1. The molecule has 0 aromatic carbocycles. The zero-order valence-corrected chi connectivity index (χ0v) is 12.2. The van der Waals surface area contributed by atoms with Gasteiger partial charge in [-0.05, 0) is 18.5 Å². The average molecular weight is 306 g/mol. The number of carbonyl (C=O) groups is 2. The third-order valence-corrected chi connectivity index (χ3v) is 4.45. The van der Waals surface area contributed by atoms with E-state index < -0.39 is 5.97 Å². The van der Waals surface area contributed by atoms with Gasteiger partial charge in [0.15, 0.2) is 0 Å². The van der Waals surface area contributed by atoms with Crippen LogP contribution in [0.4, 0.5) is 5.00 Å². The molecule has 0 fully saturated rings. The number of carbonyl (C=O) groups excluding carboxylic acids is 2. The number of aromatic nitrogens is 2. The highest BCUT2D eigenvalue weighted by Crippen LogP contribution is 2.36. The van der Waals surface area contributed by atoms with Crippen molar-refractivity contribution in [3.63, 3.8) is 0 Å². The van der Waals surface area contributed by atoms with E-state index in [1.54, 1.807) is 0 Å². The van der Waals surface area contributed by atoms with Crippen LogP contribution in [0, 0.1) is 0 Å². The van der Waals surface area contributed by atoms with Gasteiger partial charge in [-0.3, -0.25) is 9.89 Å². The molecule has 8 heteroatoms. The predicted molar refractivity (Wildman–Crippen MR) is 77.6 cm³/mol. The van der Waals surface area contributed by atoms with Gasteiger partial charge in [-0.15, -0.1) is 11.3 Å². The van der Waals surface area contributed by atoms with E-state index in [2.05, 4.69) is 20.8 Å². The van der Waals surface area contributed by atoms with Gasteiger partial charge in [0.05, 0.1) is 24.4 Å². The summed E-state index contributed by atoms with van der Waals surface area (Å²) in [7, 11) is 1.34. The summed E-state index contributed by atoms with van der Waals surface area (Å²) >= 11 is 1.41. The summed E-state index contributed by atoms with van der Waals surface area (Å²) in [6, 6.07) is 0. The van der Waals surface area contributed by atoms with Crippen LogP contribution >= 0.6 is 11.3 Å². The van der Waals surface area contributed by atoms with Gasteiger partial charge in [0, 0.05) is 17.6 Å². The maximum atomic E-state index is 12.1. The van der Waals surface area contributed by atoms with E-state index in [4.69, 9.17) is 4.74 Å². The fourth-order valence-corrected chi connectivity index (χ4v) is 3.49. The second kappa shape index (κ2) is 5.66. The van der Waals surface area contributed by atoms with Crippen molar-refractivity contribution in [1.82, 2.24) is 15.5 Å². The number of thiophene rings is 1. The minimum atomic E-state index is -0.420. The van der Waals surface area contributed by atoms with Crippen LogP contribution in [0.3, 0.4) is 0 Å². The van der Waals surface area contributed by atoms with Crippen molar-refractivity contribution in [2.45, 2.75) is 13.0 Å². The Morgan fingerprint density at radius 2 is 2.33 bits per heavy atom. The number of amides is 1. The van der Waals surface area contributed by atoms with Gasteiger partial charge in [-0.1, -0.05) is 0 Å². The quantitative estimate of drug-likeness (QED) is 0.739. The first kappa shape index (κ1) is 13.8. The molecule has 3 rings (SSSR count). The maximum absolute atomic E-state index is 12.1. The molecule has 2 aromatic rings. The van der Waals surface area contributed by atoms with Crippen LogP contribution < -0.4 is 10.6 Å². The molecule has 110 valence electrons. The van der Waals surface area contributed by atoms with Crippen molar-refractivity contribution in [3.05, 3.63) is 34.0 Å². The van der Waals surface area contributed by atoms with Gasteiger partial charge in [0.25, 0.3) is 5.91 Å². The molecule has 0 atom stereocenters. The largest absolute Gasteiger partial charge is 0.465 e. The normalized spacial score (nSPS) is 13.6. The second-order valence-corrected chi connectivity index (χ2v) is 5.67. The Hall–Kier alpha value is -2.19. The number of ether oxygens (including phenoxy) is 1. The van der Waals surface area contributed by atoms with Crippen molar-refractivity contribution in [2.75, 3.05) is 19.0 Å². The standard InChI is InChI=1S/C13H14N4O3S/c1-20-13(19)10-8-2-3-14-6-9(8)21-12(10)17-11(18)7-4-15-16-5-7/h4-5,14H,2-3,6H2,1H3,(H,15,16)(H,17,18). The summed E-state index contributed by atoms with van der Waals surface area (Å²) in [5.41, 5.74) is 1.85. The van der Waals surface area contributed by atoms with Crippen molar-refractivity contribution in [3.8, 4) is 0 Å². The molecule has 2 aromatic heterocycles. The molecule has 1 aliphatic rings. The second-order valence-electron chi connectivity index (χ2n) is 4.57. The van der Waals surface area contributed by atoms with Crippen LogP contribution in [0.25, 0.3) is 0 Å². The number of hydrogen-bond donors (Lipinski definition) is 3. The van der Waals surface area contributed by atoms with Gasteiger partial charge < -0.3 is 15.4 Å². The molecule has 1 amide bonds. The fraction of sp³-hybridized carbons (Fsp3) is 0.308. The zero-order valence-electron chi connectivity index (χ0n) is 11.4. The van der Waals surface area contributed by atoms with Crippen molar-refractivity contribution in [2.24, 2.45) is 0 Å². The molecule has 7 nitrogen and oxygen atoms in total. The predicted octanol–water partition coefficient (Wildman–Crippen LogP) is 1.16. The molecule has 0 unspecified atom stereocenters. The van der Waals surface area contributed by atoms with Crippen LogP contribution in [0.15, 0.2) is 12.4 Å². The van der Waals surface area contributed by atoms with Gasteiger partial charge >= 0.3 is 5.97 Å². The number of nitrogens with one attached hydrogen (secondary N) is 3. The first-order valence-corrected chi connectivity index (χ1v) is 7.26. The molecule has 3 heterocycles. The van der Waals surface area contributed by atoms with Crippen LogP contribution in [0.1, 0.15) is 31.2 Å². The number of methoxy groups -OCH3 is 1. The SMILES string of the molecule is COC(=O)c1c(NC(=O)c2cn[nH]c2)sc2c1CCNC2. The maximum Gasteiger partial charge on any atom is 0.341 e. The molecule has 0 saturated carbocycles. The minimum Gasteiger partial charge on any atom is -0.465 e. The fourth-order valence-electron chi connectivity index (χ4n) is 2.29. The molecule has 0 aliphatic carbocycles. The van der Waals surface area contributed by atoms with E-state index in [1.165, 1.54) is 30.8 Å². The molecule has 0 spiro atoms. The van der Waals surface area contributed by atoms with E-state index >= 15 is 0 Å². The van der Waals surface area contributed by atoms with Gasteiger partial charge in [-0.25, -0.2) is 4.79 Å². The lowest BCUT2D eigenvalue weighted by Crippen LogP contribution is -2.23. The highest BCUT2D eigenvalue weighted by Gasteiger charge is 2.27. The monoisotopic (exact) mass is 306 g/mol. The number of esters is 1. The topological polar surface area (TPSA) is 96.1 Å². The summed E-state index contributed by atoms with van der Waals surface area (Å²) in [5.74, 6) is -0.725. The number of rotatable bonds is 3. The van der Waals surface area contributed by atoms with Gasteiger partial charge in [-0.2, -0.15) is 5.10 Å². The van der Waals surface area contributed by atoms with Crippen molar-refractivity contribution >= 4 is 28.2 Å². The van der Waals surface area contributed by atoms with Crippen LogP contribution in [-0.4, -0.2) is 35.7 Å². The first-order chi connectivity index (χ1) is 10.2. The Morgan fingerprint density at radius 3 is 3.05 bits per heavy atom. The molecule has 3 N–H and O–H groups in total. The number of anilines is 1. The summed E-state index contributed by atoms with van der Waals surface area (Å²) in [6.07, 6.45) is 3.68. The van der Waals surface area contributed by atoms with Gasteiger partial charge in [0.1, 0.15) is 5.00 Å². The lowest BCUT2D eigenvalue weighted by molar-refractivity contribution is 0.0601. The van der Waals surface area contributed by atoms with E-state index in [9.17, 15) is 9.59 Å². The minimum absolute atomic E-state index is 0.305. The van der Waals surface area contributed by atoms with E-state index in [-0.39, 0.29) is 5.91 Å². The zero-order chi connectivity index (χ0) is 14.8. The molecule has 0 saturated heterocycles. The van der Waals surface area contributed by atoms with Crippen LogP contribution in [0.2, 0.25) is 0 Å². The molecular formula is C13H14N4O3S. The first-order valence-electron chi connectivity index (χ1n) is 6.44. The molecule has 21 heavy (non-hydrogen) atoms. The molecule has 0 bridgehead atoms. The van der Waals surface area contributed by atoms with Crippen molar-refractivity contribution < 1.29 is 14.3 Å². The number of H-pyrrole nitrogens is 1. The van der Waals surface area contributed by atoms with Gasteiger partial charge in [0.2, 0.25) is 0 Å². The number of aromatic amines is 1. The van der Waals surface area contributed by atoms with Crippen molar-refractivity contribution in [1.29, 1.82) is 0 Å². The molecule has 0 radical (unpaired) electrons. The Bertz CT molecular complexity index is 678. The van der Waals surface area contributed by atoms with Crippen LogP contribution in [-0.2, 0) is 17.7 Å². The summed E-state index contributed by atoms with van der Waals surface area (Å²) in [6.45, 7) is 1.51. The highest BCUT2D eigenvalue weighted by atomic mass is 32.1. The smallest absolute Gasteiger partial charge is 0.341 e. The number of nitrogens with zero attached hydrogens (tertiary/aromatic N) is 1. The highest BCUT2D eigenvalue weighted by molar-refractivity contribution is 7.17. The summed E-state index contributed by atoms with van der Waals surface area (Å²) in [4.78, 5) is 25.2. The lowest BCUT2D eigenvalue weighted by atomic mass is 10.0. The van der Waals surface area contributed by atoms with E-state index in [0.29, 0.717) is 22.7 Å². The average Bonchev–Trinajstić information content (AvgIpc) is 3.13. The molecular weight excluding hydrogens is 292 g/mol. The van der Waals surface area contributed by atoms with Crippen LogP contribution in [0.5, 0.6) is 0 Å². The Kier molecular flexibility index (Phi) is 3.72. The third-order valence-electron chi connectivity index (χ3n) is 3.31. The number of hydrogen-bond acceptors (Lipinski definition) is 6. The Labute approximate surface area is 124 Å². The third kappa shape index (κ3) is 2.55.